The number of pyridine rings is 1. The molecule has 43 heavy (non-hydrogen) atoms. The summed E-state index contributed by atoms with van der Waals surface area (Å²) in [5, 5.41) is 9.44. The quantitative estimate of drug-likeness (QED) is 0.338. The molecule has 8 heteroatoms. The number of rotatable bonds is 10. The van der Waals surface area contributed by atoms with Gasteiger partial charge in [0.1, 0.15) is 24.1 Å². The molecule has 0 saturated carbocycles. The fourth-order valence-corrected chi connectivity index (χ4v) is 6.71. The third kappa shape index (κ3) is 6.28. The van der Waals surface area contributed by atoms with Crippen molar-refractivity contribution in [1.29, 1.82) is 0 Å². The summed E-state index contributed by atoms with van der Waals surface area (Å²) in [6.07, 6.45) is 3.01. The van der Waals surface area contributed by atoms with E-state index in [0.717, 1.165) is 74.0 Å². The zero-order valence-electron chi connectivity index (χ0n) is 25.6. The van der Waals surface area contributed by atoms with E-state index in [9.17, 15) is 9.90 Å². The fraction of sp³-hybridized carbons (Fsp3) is 0.486. The molecule has 4 heterocycles. The summed E-state index contributed by atoms with van der Waals surface area (Å²) in [5.74, 6) is 0.368. The molecule has 3 aliphatic rings. The Morgan fingerprint density at radius 1 is 1.12 bits per heavy atom. The van der Waals surface area contributed by atoms with Gasteiger partial charge in [-0.3, -0.25) is 9.69 Å². The molecule has 8 nitrogen and oxygen atoms in total. The lowest BCUT2D eigenvalue weighted by molar-refractivity contribution is -0.170. The van der Waals surface area contributed by atoms with Crippen LogP contribution in [0.15, 0.2) is 48.5 Å². The van der Waals surface area contributed by atoms with Crippen LogP contribution in [0.5, 0.6) is 5.75 Å². The maximum Gasteiger partial charge on any atom is 0.311 e. The van der Waals surface area contributed by atoms with Crippen molar-refractivity contribution in [2.24, 2.45) is 5.92 Å². The Labute approximate surface area is 254 Å². The van der Waals surface area contributed by atoms with Crippen LogP contribution in [-0.4, -0.2) is 72.6 Å². The molecule has 2 fully saturated rings. The monoisotopic (exact) mass is 585 g/mol. The van der Waals surface area contributed by atoms with Gasteiger partial charge in [-0.25, -0.2) is 4.98 Å². The van der Waals surface area contributed by atoms with E-state index in [0.29, 0.717) is 25.7 Å². The molecule has 2 aromatic carbocycles. The van der Waals surface area contributed by atoms with Crippen molar-refractivity contribution in [2.45, 2.75) is 65.3 Å². The van der Waals surface area contributed by atoms with Crippen molar-refractivity contribution in [2.75, 3.05) is 44.4 Å². The Bertz CT molecular complexity index is 1450. The van der Waals surface area contributed by atoms with Crippen molar-refractivity contribution in [3.05, 3.63) is 76.3 Å². The number of aryl methyl sites for hydroxylation is 1. The van der Waals surface area contributed by atoms with Gasteiger partial charge in [0.15, 0.2) is 0 Å². The number of ether oxygens (including phenoxy) is 3. The van der Waals surface area contributed by atoms with Gasteiger partial charge >= 0.3 is 5.97 Å². The number of aromatic nitrogens is 1. The van der Waals surface area contributed by atoms with Crippen LogP contribution in [0.4, 0.5) is 5.82 Å². The summed E-state index contributed by atoms with van der Waals surface area (Å²) in [4.78, 5) is 21.2. The Hall–Kier alpha value is -3.46. The van der Waals surface area contributed by atoms with Crippen molar-refractivity contribution < 1.29 is 24.1 Å². The number of carboxylic acid groups (broad SMARTS) is 1. The first-order chi connectivity index (χ1) is 20.9. The summed E-state index contributed by atoms with van der Waals surface area (Å²) in [6.45, 7) is 12.2. The Morgan fingerprint density at radius 2 is 1.93 bits per heavy atom. The molecular formula is C35H43N3O5. The number of nitrogens with zero attached hydrogens (tertiary/aromatic N) is 3. The number of para-hydroxylation sites is 1. The highest BCUT2D eigenvalue weighted by molar-refractivity contribution is 5.72. The number of hydrogen-bond donors (Lipinski definition) is 1. The number of hydrogen-bond acceptors (Lipinski definition) is 7. The van der Waals surface area contributed by atoms with Crippen molar-refractivity contribution >= 4 is 11.8 Å². The molecule has 0 bridgehead atoms. The lowest BCUT2D eigenvalue weighted by atomic mass is 9.90. The molecule has 6 rings (SSSR count). The van der Waals surface area contributed by atoms with E-state index < -0.39 is 11.9 Å². The van der Waals surface area contributed by atoms with Gasteiger partial charge in [-0.05, 0) is 86.1 Å². The van der Waals surface area contributed by atoms with E-state index >= 15 is 0 Å². The second-order valence-electron chi connectivity index (χ2n) is 12.0. The van der Waals surface area contributed by atoms with Crippen LogP contribution >= 0.6 is 0 Å². The molecule has 3 aromatic rings. The minimum atomic E-state index is -0.804. The average molecular weight is 586 g/mol. The average Bonchev–Trinajstić information content (AvgIpc) is 3.01. The Morgan fingerprint density at radius 3 is 2.67 bits per heavy atom. The number of carboxylic acids is 1. The second kappa shape index (κ2) is 13.0. The van der Waals surface area contributed by atoms with Gasteiger partial charge in [0.2, 0.25) is 0 Å². The first-order valence-electron chi connectivity index (χ1n) is 15.6. The molecule has 2 unspecified atom stereocenters. The molecule has 2 saturated heterocycles. The number of anilines is 1. The van der Waals surface area contributed by atoms with Gasteiger partial charge in [-0.15, -0.1) is 0 Å². The summed E-state index contributed by atoms with van der Waals surface area (Å²) >= 11 is 0. The molecular weight excluding hydrogens is 542 g/mol. The molecule has 0 radical (unpaired) electrons. The van der Waals surface area contributed by atoms with Gasteiger partial charge in [0, 0.05) is 51.0 Å². The van der Waals surface area contributed by atoms with Crippen LogP contribution < -0.4 is 9.64 Å². The molecule has 1 aromatic heterocycles. The molecule has 2 atom stereocenters. The van der Waals surface area contributed by atoms with E-state index in [4.69, 9.17) is 19.2 Å². The van der Waals surface area contributed by atoms with Gasteiger partial charge in [-0.1, -0.05) is 30.3 Å². The van der Waals surface area contributed by atoms with Crippen molar-refractivity contribution in [3.63, 3.8) is 0 Å². The van der Waals surface area contributed by atoms with Crippen LogP contribution in [-0.2, 0) is 33.8 Å². The highest BCUT2D eigenvalue weighted by Gasteiger charge is 2.39. The summed E-state index contributed by atoms with van der Waals surface area (Å²) in [6, 6.07) is 17.3. The van der Waals surface area contributed by atoms with Gasteiger partial charge < -0.3 is 24.2 Å². The van der Waals surface area contributed by atoms with E-state index in [-0.39, 0.29) is 12.7 Å². The maximum absolute atomic E-state index is 11.5. The van der Waals surface area contributed by atoms with Crippen LogP contribution in [0.1, 0.15) is 47.6 Å². The van der Waals surface area contributed by atoms with E-state index in [1.54, 1.807) is 0 Å². The highest BCUT2D eigenvalue weighted by Crippen LogP contribution is 2.35. The Balaban J connectivity index is 1.18. The predicted molar refractivity (Wildman–Crippen MR) is 167 cm³/mol. The standard InChI is InChI=1S/C35H43N3O5/c1-4-37(20-32-30(22-42-32)35(39)40)33-10-6-9-31(36-33)29-8-5-7-23(2)34(29)43-21-26-12-11-25-19-38(16-13-28(25)24(26)3)27-14-17-41-18-15-27/h5-12,27,30,32H,4,13-22H2,1-3H3,(H,39,40). The number of aliphatic carboxylic acids is 1. The SMILES string of the molecule is CCN(CC1OCC1C(=O)O)c1cccc(-c2cccc(C)c2OCc2ccc3c(c2C)CCN(C2CCOCC2)C3)n1. The number of carbonyl (C=O) groups is 1. The van der Waals surface area contributed by atoms with Gasteiger partial charge in [0.25, 0.3) is 0 Å². The van der Waals surface area contributed by atoms with Crippen LogP contribution in [0.3, 0.4) is 0 Å². The highest BCUT2D eigenvalue weighted by atomic mass is 16.5. The largest absolute Gasteiger partial charge is 0.488 e. The second-order valence-corrected chi connectivity index (χ2v) is 12.0. The molecule has 0 amide bonds. The smallest absolute Gasteiger partial charge is 0.311 e. The van der Waals surface area contributed by atoms with Crippen LogP contribution in [0.25, 0.3) is 11.3 Å². The van der Waals surface area contributed by atoms with Gasteiger partial charge in [-0.2, -0.15) is 0 Å². The molecule has 1 N–H and O–H groups in total. The molecule has 228 valence electrons. The van der Waals surface area contributed by atoms with Crippen molar-refractivity contribution in [1.82, 2.24) is 9.88 Å². The summed E-state index contributed by atoms with van der Waals surface area (Å²) in [7, 11) is 0. The normalized spacial score (nSPS) is 20.7. The zero-order chi connectivity index (χ0) is 29.9. The zero-order valence-corrected chi connectivity index (χ0v) is 25.6. The minimum absolute atomic E-state index is 0.271. The van der Waals surface area contributed by atoms with Crippen LogP contribution in [0, 0.1) is 19.8 Å². The predicted octanol–water partition coefficient (Wildman–Crippen LogP) is 5.41. The third-order valence-electron chi connectivity index (χ3n) is 9.49. The van der Waals surface area contributed by atoms with Gasteiger partial charge in [0.05, 0.1) is 18.4 Å². The maximum atomic E-state index is 11.5. The topological polar surface area (TPSA) is 84.4 Å². The van der Waals surface area contributed by atoms with Crippen LogP contribution in [0.2, 0.25) is 0 Å². The number of fused-ring (bicyclic) bond motifs is 1. The first-order valence-corrected chi connectivity index (χ1v) is 15.6. The van der Waals surface area contributed by atoms with E-state index in [1.807, 2.05) is 31.2 Å². The third-order valence-corrected chi connectivity index (χ3v) is 9.49. The lowest BCUT2D eigenvalue weighted by Crippen LogP contribution is -2.51. The number of benzene rings is 2. The lowest BCUT2D eigenvalue weighted by Gasteiger charge is -2.38. The summed E-state index contributed by atoms with van der Waals surface area (Å²) < 4.78 is 17.8. The Kier molecular flexibility index (Phi) is 8.98. The minimum Gasteiger partial charge on any atom is -0.488 e. The van der Waals surface area contributed by atoms with Crippen molar-refractivity contribution in [3.8, 4) is 17.0 Å². The first kappa shape index (κ1) is 29.6. The summed E-state index contributed by atoms with van der Waals surface area (Å²) in [5.41, 5.74) is 8.32. The molecule has 3 aliphatic heterocycles. The molecule has 0 spiro atoms. The van der Waals surface area contributed by atoms with E-state index in [2.05, 4.69) is 47.9 Å². The fourth-order valence-electron chi connectivity index (χ4n) is 6.71. The molecule has 0 aliphatic carbocycles. The van der Waals surface area contributed by atoms with E-state index in [1.165, 1.54) is 22.3 Å². The number of likely N-dealkylation sites (N-methyl/N-ethyl adjacent to an activating group) is 1.